The quantitative estimate of drug-likeness (QED) is 0.351. The summed E-state index contributed by atoms with van der Waals surface area (Å²) < 4.78 is 0. The Bertz CT molecular complexity index is 461. The molecular weight excluding hydrogens is 236 g/mol. The Balaban J connectivity index is 3.35. The van der Waals surface area contributed by atoms with Crippen molar-refractivity contribution in [2.75, 3.05) is 0 Å². The molecule has 1 atom stereocenters. The van der Waals surface area contributed by atoms with Gasteiger partial charge in [0, 0.05) is 6.07 Å². The molecule has 0 aliphatic rings. The van der Waals surface area contributed by atoms with Gasteiger partial charge < -0.3 is 0 Å². The minimum absolute atomic E-state index is 0.187. The number of halogens is 1. The molecule has 16 heavy (non-hydrogen) atoms. The lowest BCUT2D eigenvalue weighted by molar-refractivity contribution is -0.394. The van der Waals surface area contributed by atoms with Crippen molar-refractivity contribution in [1.82, 2.24) is 0 Å². The molecule has 0 saturated heterocycles. The zero-order chi connectivity index (χ0) is 12.3. The highest BCUT2D eigenvalue weighted by molar-refractivity contribution is 6.22. The summed E-state index contributed by atoms with van der Waals surface area (Å²) in [5.74, 6) is 0. The van der Waals surface area contributed by atoms with Crippen LogP contribution in [0.15, 0.2) is 30.9 Å². The van der Waals surface area contributed by atoms with E-state index in [4.69, 9.17) is 11.6 Å². The van der Waals surface area contributed by atoms with Crippen molar-refractivity contribution in [2.24, 2.45) is 0 Å². The summed E-state index contributed by atoms with van der Waals surface area (Å²) in [6.07, 6.45) is 1.32. The fourth-order valence-corrected chi connectivity index (χ4v) is 1.35. The fraction of sp³-hybridized carbons (Fsp3) is 0.111. The number of nitro groups is 2. The van der Waals surface area contributed by atoms with E-state index in [0.717, 1.165) is 6.07 Å². The standard InChI is InChI=1S/C9H7ClN2O4/c1-2-8(10)7-4-3-6(11(13)14)5-9(7)12(15)16/h2-5,8H,1H2. The first kappa shape index (κ1) is 12.1. The van der Waals surface area contributed by atoms with Gasteiger partial charge >= 0.3 is 0 Å². The Kier molecular flexibility index (Phi) is 3.57. The topological polar surface area (TPSA) is 86.3 Å². The third-order valence-corrected chi connectivity index (χ3v) is 2.34. The highest BCUT2D eigenvalue weighted by atomic mass is 35.5. The lowest BCUT2D eigenvalue weighted by atomic mass is 10.1. The van der Waals surface area contributed by atoms with E-state index in [1.54, 1.807) is 0 Å². The first-order valence-electron chi connectivity index (χ1n) is 4.16. The molecule has 0 spiro atoms. The zero-order valence-electron chi connectivity index (χ0n) is 8.00. The van der Waals surface area contributed by atoms with Crippen molar-refractivity contribution < 1.29 is 9.85 Å². The summed E-state index contributed by atoms with van der Waals surface area (Å²) in [4.78, 5) is 19.8. The monoisotopic (exact) mass is 242 g/mol. The molecule has 1 aromatic rings. The maximum Gasteiger partial charge on any atom is 0.281 e. The van der Waals surface area contributed by atoms with Crippen molar-refractivity contribution >= 4 is 23.0 Å². The van der Waals surface area contributed by atoms with Crippen molar-refractivity contribution in [3.05, 3.63) is 56.6 Å². The third kappa shape index (κ3) is 2.34. The molecule has 1 aromatic carbocycles. The lowest BCUT2D eigenvalue weighted by Gasteiger charge is -2.04. The van der Waals surface area contributed by atoms with Gasteiger partial charge in [0.15, 0.2) is 0 Å². The molecule has 1 rings (SSSR count). The summed E-state index contributed by atoms with van der Waals surface area (Å²) in [6.45, 7) is 3.41. The number of nitrogens with zero attached hydrogens (tertiary/aromatic N) is 2. The minimum atomic E-state index is -0.749. The largest absolute Gasteiger partial charge is 0.281 e. The van der Waals surface area contributed by atoms with E-state index >= 15 is 0 Å². The Labute approximate surface area is 95.4 Å². The van der Waals surface area contributed by atoms with Crippen LogP contribution in [0.3, 0.4) is 0 Å². The van der Waals surface area contributed by atoms with Crippen LogP contribution in [-0.4, -0.2) is 9.85 Å². The number of hydrogen-bond donors (Lipinski definition) is 0. The van der Waals surface area contributed by atoms with Crippen LogP contribution < -0.4 is 0 Å². The Morgan fingerprint density at radius 1 is 1.31 bits per heavy atom. The second-order valence-corrected chi connectivity index (χ2v) is 3.36. The van der Waals surface area contributed by atoms with Crippen LogP contribution in [-0.2, 0) is 0 Å². The minimum Gasteiger partial charge on any atom is -0.258 e. The first-order valence-corrected chi connectivity index (χ1v) is 4.60. The molecule has 0 aliphatic heterocycles. The number of alkyl halides is 1. The number of non-ortho nitro benzene ring substituents is 1. The van der Waals surface area contributed by atoms with Crippen LogP contribution in [0, 0.1) is 20.2 Å². The van der Waals surface area contributed by atoms with Gasteiger partial charge in [-0.3, -0.25) is 20.2 Å². The Morgan fingerprint density at radius 3 is 2.38 bits per heavy atom. The van der Waals surface area contributed by atoms with Crippen molar-refractivity contribution in [2.45, 2.75) is 5.38 Å². The van der Waals surface area contributed by atoms with Crippen LogP contribution in [0.4, 0.5) is 11.4 Å². The van der Waals surface area contributed by atoms with Crippen LogP contribution in [0.5, 0.6) is 0 Å². The van der Waals surface area contributed by atoms with E-state index in [-0.39, 0.29) is 16.9 Å². The van der Waals surface area contributed by atoms with Crippen LogP contribution in [0.2, 0.25) is 0 Å². The zero-order valence-corrected chi connectivity index (χ0v) is 8.76. The van der Waals surface area contributed by atoms with E-state index in [1.807, 2.05) is 0 Å². The molecule has 0 saturated carbocycles. The Morgan fingerprint density at radius 2 is 1.94 bits per heavy atom. The number of hydrogen-bond acceptors (Lipinski definition) is 4. The van der Waals surface area contributed by atoms with Gasteiger partial charge in [0.1, 0.15) is 0 Å². The Hall–Kier alpha value is -1.95. The van der Waals surface area contributed by atoms with Gasteiger partial charge in [-0.05, 0) is 6.07 Å². The summed E-state index contributed by atoms with van der Waals surface area (Å²) in [5, 5.41) is 20.4. The smallest absolute Gasteiger partial charge is 0.258 e. The van der Waals surface area contributed by atoms with Crippen LogP contribution in [0.25, 0.3) is 0 Å². The summed E-state index contributed by atoms with van der Waals surface area (Å²) in [6, 6.07) is 3.31. The van der Waals surface area contributed by atoms with E-state index in [2.05, 4.69) is 6.58 Å². The molecule has 0 N–H and O–H groups in total. The summed E-state index contributed by atoms with van der Waals surface area (Å²) >= 11 is 5.78. The molecule has 0 fully saturated rings. The third-order valence-electron chi connectivity index (χ3n) is 1.93. The SMILES string of the molecule is C=CC(Cl)c1ccc([N+](=O)[O-])cc1[N+](=O)[O-]. The van der Waals surface area contributed by atoms with Gasteiger partial charge in [-0.15, -0.1) is 18.2 Å². The molecule has 7 heteroatoms. The molecule has 0 aliphatic carbocycles. The van der Waals surface area contributed by atoms with Gasteiger partial charge in [0.05, 0.1) is 26.9 Å². The molecule has 1 unspecified atom stereocenters. The van der Waals surface area contributed by atoms with Gasteiger partial charge in [0.25, 0.3) is 11.4 Å². The van der Waals surface area contributed by atoms with Gasteiger partial charge in [-0.25, -0.2) is 0 Å². The second-order valence-electron chi connectivity index (χ2n) is 2.89. The number of rotatable bonds is 4. The van der Waals surface area contributed by atoms with Crippen molar-refractivity contribution in [1.29, 1.82) is 0 Å². The number of benzene rings is 1. The van der Waals surface area contributed by atoms with E-state index in [1.165, 1.54) is 18.2 Å². The normalized spacial score (nSPS) is 11.8. The summed E-state index contributed by atoms with van der Waals surface area (Å²) in [7, 11) is 0. The predicted molar refractivity (Wildman–Crippen MR) is 58.5 cm³/mol. The highest BCUT2D eigenvalue weighted by Crippen LogP contribution is 2.32. The fourth-order valence-electron chi connectivity index (χ4n) is 1.16. The van der Waals surface area contributed by atoms with E-state index in [0.29, 0.717) is 0 Å². The number of allylic oxidation sites excluding steroid dienone is 1. The van der Waals surface area contributed by atoms with Crippen molar-refractivity contribution in [3.63, 3.8) is 0 Å². The maximum atomic E-state index is 10.7. The van der Waals surface area contributed by atoms with E-state index in [9.17, 15) is 20.2 Å². The molecule has 6 nitrogen and oxygen atoms in total. The average Bonchev–Trinajstić information content (AvgIpc) is 2.26. The first-order chi connectivity index (χ1) is 7.47. The molecule has 0 heterocycles. The van der Waals surface area contributed by atoms with Crippen LogP contribution >= 0.6 is 11.6 Å². The molecule has 84 valence electrons. The van der Waals surface area contributed by atoms with Gasteiger partial charge in [-0.2, -0.15) is 0 Å². The van der Waals surface area contributed by atoms with E-state index < -0.39 is 15.2 Å². The molecule has 0 aromatic heterocycles. The number of nitro benzene ring substituents is 2. The van der Waals surface area contributed by atoms with Crippen LogP contribution in [0.1, 0.15) is 10.9 Å². The molecular formula is C9H7ClN2O4. The maximum absolute atomic E-state index is 10.7. The van der Waals surface area contributed by atoms with Gasteiger partial charge in [0.2, 0.25) is 0 Å². The predicted octanol–water partition coefficient (Wildman–Crippen LogP) is 2.97. The molecule has 0 radical (unpaired) electrons. The molecule has 0 amide bonds. The van der Waals surface area contributed by atoms with Gasteiger partial charge in [-0.1, -0.05) is 6.08 Å². The second kappa shape index (κ2) is 4.71. The highest BCUT2D eigenvalue weighted by Gasteiger charge is 2.22. The average molecular weight is 243 g/mol. The lowest BCUT2D eigenvalue weighted by Crippen LogP contribution is -1.98. The van der Waals surface area contributed by atoms with Crippen molar-refractivity contribution in [3.8, 4) is 0 Å². The summed E-state index contributed by atoms with van der Waals surface area (Å²) in [5.41, 5.74) is -0.537. The molecule has 0 bridgehead atoms.